The quantitative estimate of drug-likeness (QED) is 0.873. The minimum absolute atomic E-state index is 0.00554. The number of nitrogens with zero attached hydrogens (tertiary/aromatic N) is 1. The van der Waals surface area contributed by atoms with Crippen LogP contribution in [0.15, 0.2) is 36.5 Å². The number of ether oxygens (including phenoxy) is 2. The summed E-state index contributed by atoms with van der Waals surface area (Å²) < 4.78 is 34.4. The summed E-state index contributed by atoms with van der Waals surface area (Å²) in [4.78, 5) is 3.91. The molecule has 0 unspecified atom stereocenters. The lowest BCUT2D eigenvalue weighted by Crippen LogP contribution is -2.25. The molecule has 1 aromatic heterocycles. The van der Waals surface area contributed by atoms with E-state index in [2.05, 4.69) is 19.8 Å². The number of anilines is 3. The highest BCUT2D eigenvalue weighted by Crippen LogP contribution is 2.42. The van der Waals surface area contributed by atoms with E-state index in [1.165, 1.54) is 18.3 Å². The number of nitrogens with one attached hydrogen (secondary N) is 1. The number of pyridine rings is 1. The van der Waals surface area contributed by atoms with Crippen molar-refractivity contribution in [2.24, 2.45) is 0 Å². The Balaban J connectivity index is 1.82. The van der Waals surface area contributed by atoms with Gasteiger partial charge in [-0.2, -0.15) is 0 Å². The minimum atomic E-state index is -3.61. The van der Waals surface area contributed by atoms with Gasteiger partial charge in [-0.25, -0.2) is 4.98 Å². The first-order valence-corrected chi connectivity index (χ1v) is 5.40. The van der Waals surface area contributed by atoms with Crippen LogP contribution in [-0.4, -0.2) is 11.3 Å². The van der Waals surface area contributed by atoms with Gasteiger partial charge in [0.25, 0.3) is 0 Å². The Bertz CT molecular complexity index is 617. The summed E-state index contributed by atoms with van der Waals surface area (Å²) in [6.07, 6.45) is -2.07. The zero-order valence-electron chi connectivity index (χ0n) is 9.56. The predicted molar refractivity (Wildman–Crippen MR) is 64.6 cm³/mol. The van der Waals surface area contributed by atoms with Crippen LogP contribution < -0.4 is 20.5 Å². The second-order valence-corrected chi connectivity index (χ2v) is 3.93. The average Bonchev–Trinajstić information content (AvgIpc) is 2.65. The van der Waals surface area contributed by atoms with Gasteiger partial charge in [-0.1, -0.05) is 0 Å². The molecule has 0 aliphatic carbocycles. The SMILES string of the molecule is Nc1ccc(Nc2ccc3c(c2)OC(F)(F)O3)cn1. The van der Waals surface area contributed by atoms with Crippen molar-refractivity contribution in [3.63, 3.8) is 0 Å². The Kier molecular flexibility index (Phi) is 2.41. The highest BCUT2D eigenvalue weighted by Gasteiger charge is 2.43. The Labute approximate surface area is 107 Å². The lowest BCUT2D eigenvalue weighted by molar-refractivity contribution is -0.286. The number of aromatic nitrogens is 1. The van der Waals surface area contributed by atoms with E-state index in [0.717, 1.165) is 0 Å². The Morgan fingerprint density at radius 2 is 1.79 bits per heavy atom. The van der Waals surface area contributed by atoms with Gasteiger partial charge in [-0.3, -0.25) is 0 Å². The Morgan fingerprint density at radius 3 is 2.53 bits per heavy atom. The smallest absolute Gasteiger partial charge is 0.395 e. The first-order chi connectivity index (χ1) is 9.02. The number of rotatable bonds is 2. The molecule has 1 aliphatic rings. The summed E-state index contributed by atoms with van der Waals surface area (Å²) in [7, 11) is 0. The molecular formula is C12H9F2N3O2. The number of halogens is 2. The monoisotopic (exact) mass is 265 g/mol. The molecule has 0 spiro atoms. The molecule has 5 nitrogen and oxygen atoms in total. The van der Waals surface area contributed by atoms with Crippen molar-refractivity contribution in [3.05, 3.63) is 36.5 Å². The summed E-state index contributed by atoms with van der Waals surface area (Å²) >= 11 is 0. The fourth-order valence-corrected chi connectivity index (χ4v) is 1.67. The second-order valence-electron chi connectivity index (χ2n) is 3.93. The van der Waals surface area contributed by atoms with Gasteiger partial charge in [0.15, 0.2) is 11.5 Å². The van der Waals surface area contributed by atoms with Gasteiger partial charge in [0.2, 0.25) is 0 Å². The molecule has 98 valence electrons. The highest BCUT2D eigenvalue weighted by atomic mass is 19.3. The molecule has 1 aliphatic heterocycles. The van der Waals surface area contributed by atoms with Gasteiger partial charge < -0.3 is 20.5 Å². The maximum absolute atomic E-state index is 12.9. The fourth-order valence-electron chi connectivity index (χ4n) is 1.67. The third kappa shape index (κ3) is 2.35. The molecule has 19 heavy (non-hydrogen) atoms. The van der Waals surface area contributed by atoms with Gasteiger partial charge in [0, 0.05) is 11.8 Å². The zero-order chi connectivity index (χ0) is 13.5. The molecule has 0 fully saturated rings. The molecule has 0 saturated heterocycles. The van der Waals surface area contributed by atoms with E-state index < -0.39 is 6.29 Å². The first kappa shape index (κ1) is 11.5. The van der Waals surface area contributed by atoms with Gasteiger partial charge in [-0.15, -0.1) is 8.78 Å². The van der Waals surface area contributed by atoms with E-state index in [0.29, 0.717) is 17.2 Å². The van der Waals surface area contributed by atoms with Crippen molar-refractivity contribution in [2.75, 3.05) is 11.1 Å². The average molecular weight is 265 g/mol. The summed E-state index contributed by atoms with van der Waals surface area (Å²) in [6.45, 7) is 0. The van der Waals surface area contributed by atoms with Gasteiger partial charge in [0.05, 0.1) is 11.9 Å². The molecule has 0 radical (unpaired) electrons. The topological polar surface area (TPSA) is 69.4 Å². The summed E-state index contributed by atoms with van der Waals surface area (Å²) in [5, 5.41) is 2.99. The van der Waals surface area contributed by atoms with E-state index in [1.54, 1.807) is 18.2 Å². The number of benzene rings is 1. The molecule has 7 heteroatoms. The predicted octanol–water partition coefficient (Wildman–Crippen LogP) is 2.73. The van der Waals surface area contributed by atoms with Crippen LogP contribution >= 0.6 is 0 Å². The molecule has 2 aromatic rings. The molecule has 2 heterocycles. The largest absolute Gasteiger partial charge is 0.586 e. The van der Waals surface area contributed by atoms with Gasteiger partial charge >= 0.3 is 6.29 Å². The lowest BCUT2D eigenvalue weighted by atomic mass is 10.2. The minimum Gasteiger partial charge on any atom is -0.395 e. The third-order valence-corrected chi connectivity index (χ3v) is 2.48. The number of nitrogen functional groups attached to an aromatic ring is 1. The van der Waals surface area contributed by atoms with Crippen molar-refractivity contribution in [1.82, 2.24) is 4.98 Å². The van der Waals surface area contributed by atoms with Crippen LogP contribution in [0.25, 0.3) is 0 Å². The number of nitrogens with two attached hydrogens (primary N) is 1. The van der Waals surface area contributed by atoms with Crippen molar-refractivity contribution >= 4 is 17.2 Å². The standard InChI is InChI=1S/C12H9F2N3O2/c13-12(14)18-9-3-1-7(5-10(9)19-12)17-8-2-4-11(15)16-6-8/h1-6,17H,(H2,15,16). The summed E-state index contributed by atoms with van der Waals surface area (Å²) in [5.74, 6) is 0.389. The summed E-state index contributed by atoms with van der Waals surface area (Å²) in [6, 6.07) is 7.78. The lowest BCUT2D eigenvalue weighted by Gasteiger charge is -2.06. The number of fused-ring (bicyclic) bond motifs is 1. The number of hydrogen-bond acceptors (Lipinski definition) is 5. The highest BCUT2D eigenvalue weighted by molar-refractivity contribution is 5.64. The summed E-state index contributed by atoms with van der Waals surface area (Å²) in [5.41, 5.74) is 6.72. The van der Waals surface area contributed by atoms with E-state index in [9.17, 15) is 8.78 Å². The second kappa shape index (κ2) is 3.98. The van der Waals surface area contributed by atoms with Crippen LogP contribution in [0.3, 0.4) is 0 Å². The molecular weight excluding hydrogens is 256 g/mol. The van der Waals surface area contributed by atoms with Crippen LogP contribution in [0.2, 0.25) is 0 Å². The van der Waals surface area contributed by atoms with E-state index in [-0.39, 0.29) is 11.5 Å². The van der Waals surface area contributed by atoms with Crippen LogP contribution in [0.5, 0.6) is 11.5 Å². The Morgan fingerprint density at radius 1 is 1.05 bits per heavy atom. The molecule has 3 rings (SSSR count). The number of hydrogen-bond donors (Lipinski definition) is 2. The van der Waals surface area contributed by atoms with Crippen LogP contribution in [-0.2, 0) is 0 Å². The van der Waals surface area contributed by atoms with Crippen LogP contribution in [0, 0.1) is 0 Å². The normalized spacial score (nSPS) is 15.3. The fraction of sp³-hybridized carbons (Fsp3) is 0.0833. The van der Waals surface area contributed by atoms with Crippen molar-refractivity contribution in [2.45, 2.75) is 6.29 Å². The molecule has 0 bridgehead atoms. The van der Waals surface area contributed by atoms with Crippen molar-refractivity contribution < 1.29 is 18.3 Å². The zero-order valence-corrected chi connectivity index (χ0v) is 9.56. The maximum atomic E-state index is 12.9. The number of alkyl halides is 2. The van der Waals surface area contributed by atoms with E-state index in [1.807, 2.05) is 0 Å². The van der Waals surface area contributed by atoms with E-state index >= 15 is 0 Å². The van der Waals surface area contributed by atoms with Crippen molar-refractivity contribution in [3.8, 4) is 11.5 Å². The molecule has 0 atom stereocenters. The molecule has 0 amide bonds. The van der Waals surface area contributed by atoms with Gasteiger partial charge in [0.1, 0.15) is 5.82 Å². The molecule has 1 aromatic carbocycles. The Hall–Kier alpha value is -2.57. The maximum Gasteiger partial charge on any atom is 0.586 e. The molecule has 0 saturated carbocycles. The first-order valence-electron chi connectivity index (χ1n) is 5.40. The molecule has 3 N–H and O–H groups in total. The van der Waals surface area contributed by atoms with E-state index in [4.69, 9.17) is 5.73 Å². The van der Waals surface area contributed by atoms with Gasteiger partial charge in [-0.05, 0) is 24.3 Å². The van der Waals surface area contributed by atoms with Crippen LogP contribution in [0.1, 0.15) is 0 Å². The van der Waals surface area contributed by atoms with Crippen LogP contribution in [0.4, 0.5) is 26.0 Å². The van der Waals surface area contributed by atoms with Crippen molar-refractivity contribution in [1.29, 1.82) is 0 Å². The third-order valence-electron chi connectivity index (χ3n) is 2.48.